The van der Waals surface area contributed by atoms with Crippen molar-refractivity contribution in [3.63, 3.8) is 0 Å². The number of carbonyl (C=O) groups excluding carboxylic acids is 1. The van der Waals surface area contributed by atoms with Gasteiger partial charge < -0.3 is 9.47 Å². The van der Waals surface area contributed by atoms with Crippen LogP contribution in [0.1, 0.15) is 35.9 Å². The number of rotatable bonds is 9. The first-order valence-corrected chi connectivity index (χ1v) is 10.6. The number of amides is 1. The molecule has 5 heteroatoms. The molecule has 3 rings (SSSR count). The van der Waals surface area contributed by atoms with Crippen molar-refractivity contribution in [2.75, 3.05) is 6.54 Å². The number of halogens is 1. The van der Waals surface area contributed by atoms with Crippen molar-refractivity contribution in [2.24, 2.45) is 0 Å². The van der Waals surface area contributed by atoms with Crippen molar-refractivity contribution >= 4 is 28.8 Å². The van der Waals surface area contributed by atoms with Gasteiger partial charge in [-0.3, -0.25) is 4.79 Å². The van der Waals surface area contributed by atoms with Crippen molar-refractivity contribution < 1.29 is 4.79 Å². The molecule has 0 saturated carbocycles. The zero-order valence-corrected chi connectivity index (χ0v) is 17.2. The van der Waals surface area contributed by atoms with Gasteiger partial charge in [0.25, 0.3) is 0 Å². The summed E-state index contributed by atoms with van der Waals surface area (Å²) in [7, 11) is 0. The van der Waals surface area contributed by atoms with Crippen LogP contribution in [0.3, 0.4) is 0 Å². The highest BCUT2D eigenvalue weighted by Gasteiger charge is 2.16. The van der Waals surface area contributed by atoms with Crippen molar-refractivity contribution in [3.05, 3.63) is 81.3 Å². The van der Waals surface area contributed by atoms with Crippen molar-refractivity contribution in [1.82, 2.24) is 9.47 Å². The fourth-order valence-electron chi connectivity index (χ4n) is 3.07. The second-order valence-corrected chi connectivity index (χ2v) is 8.08. The molecular weight excluding hydrogens is 376 g/mol. The number of benzene rings is 1. The lowest BCUT2D eigenvalue weighted by Gasteiger charge is -2.23. The highest BCUT2D eigenvalue weighted by molar-refractivity contribution is 7.10. The predicted molar refractivity (Wildman–Crippen MR) is 113 cm³/mol. The van der Waals surface area contributed by atoms with Crippen LogP contribution in [0.25, 0.3) is 0 Å². The van der Waals surface area contributed by atoms with E-state index in [-0.39, 0.29) is 5.91 Å². The van der Waals surface area contributed by atoms with E-state index in [2.05, 4.69) is 23.8 Å². The van der Waals surface area contributed by atoms with Gasteiger partial charge in [-0.25, -0.2) is 0 Å². The third-order valence-corrected chi connectivity index (χ3v) is 5.86. The van der Waals surface area contributed by atoms with Crippen molar-refractivity contribution in [3.8, 4) is 0 Å². The van der Waals surface area contributed by atoms with Crippen LogP contribution in [0.5, 0.6) is 0 Å². The van der Waals surface area contributed by atoms with Crippen molar-refractivity contribution in [1.29, 1.82) is 0 Å². The summed E-state index contributed by atoms with van der Waals surface area (Å²) >= 11 is 7.96. The maximum atomic E-state index is 12.9. The lowest BCUT2D eigenvalue weighted by Crippen LogP contribution is -2.33. The monoisotopic (exact) mass is 400 g/mol. The molecule has 0 aliphatic heterocycles. The second-order valence-electron chi connectivity index (χ2n) is 6.64. The molecule has 3 nitrogen and oxygen atoms in total. The average Bonchev–Trinajstić information content (AvgIpc) is 3.32. The van der Waals surface area contributed by atoms with Gasteiger partial charge in [-0.2, -0.15) is 0 Å². The molecule has 3 aromatic rings. The topological polar surface area (TPSA) is 25.2 Å². The molecule has 0 atom stereocenters. The minimum absolute atomic E-state index is 0.191. The summed E-state index contributed by atoms with van der Waals surface area (Å²) in [5.41, 5.74) is 2.21. The second kappa shape index (κ2) is 9.77. The normalized spacial score (nSPS) is 10.9. The SMILES string of the molecule is CCCCN(Cc1cccn1Cc1ccccc1Cl)C(=O)Cc1cccs1. The van der Waals surface area contributed by atoms with E-state index in [0.29, 0.717) is 19.5 Å². The molecule has 0 aliphatic rings. The van der Waals surface area contributed by atoms with Crippen LogP contribution in [0.2, 0.25) is 5.02 Å². The summed E-state index contributed by atoms with van der Waals surface area (Å²) in [5, 5.41) is 2.79. The number of thiophene rings is 1. The van der Waals surface area contributed by atoms with Crippen LogP contribution in [0.4, 0.5) is 0 Å². The third-order valence-electron chi connectivity index (χ3n) is 4.61. The maximum Gasteiger partial charge on any atom is 0.228 e. The van der Waals surface area contributed by atoms with Gasteiger partial charge in [-0.05, 0) is 41.6 Å². The summed E-state index contributed by atoms with van der Waals surface area (Å²) in [6, 6.07) is 16.1. The van der Waals surface area contributed by atoms with Gasteiger partial charge in [0.2, 0.25) is 5.91 Å². The lowest BCUT2D eigenvalue weighted by atomic mass is 10.2. The largest absolute Gasteiger partial charge is 0.345 e. The van der Waals surface area contributed by atoms with Gasteiger partial charge in [0, 0.05) is 34.9 Å². The van der Waals surface area contributed by atoms with E-state index in [0.717, 1.165) is 40.5 Å². The number of unbranched alkanes of at least 4 members (excludes halogenated alkanes) is 1. The Kier molecular flexibility index (Phi) is 7.13. The van der Waals surface area contributed by atoms with E-state index in [9.17, 15) is 4.79 Å². The van der Waals surface area contributed by atoms with Crippen LogP contribution in [-0.2, 0) is 24.3 Å². The van der Waals surface area contributed by atoms with E-state index in [4.69, 9.17) is 11.6 Å². The number of hydrogen-bond acceptors (Lipinski definition) is 2. The van der Waals surface area contributed by atoms with E-state index in [1.165, 1.54) is 0 Å². The highest BCUT2D eigenvalue weighted by Crippen LogP contribution is 2.19. The number of carbonyl (C=O) groups is 1. The molecule has 0 fully saturated rings. The Morgan fingerprint density at radius 2 is 2.00 bits per heavy atom. The Hall–Kier alpha value is -2.04. The van der Waals surface area contributed by atoms with Crippen LogP contribution in [0, 0.1) is 0 Å². The Balaban J connectivity index is 1.73. The number of aromatic nitrogens is 1. The highest BCUT2D eigenvalue weighted by atomic mass is 35.5. The molecule has 0 aliphatic carbocycles. The Bertz CT molecular complexity index is 857. The third kappa shape index (κ3) is 5.47. The molecule has 0 bridgehead atoms. The fraction of sp³-hybridized carbons (Fsp3) is 0.318. The summed E-state index contributed by atoms with van der Waals surface area (Å²) < 4.78 is 2.18. The smallest absolute Gasteiger partial charge is 0.228 e. The molecule has 27 heavy (non-hydrogen) atoms. The molecule has 0 unspecified atom stereocenters. The average molecular weight is 401 g/mol. The van der Waals surface area contributed by atoms with Crippen LogP contribution in [-0.4, -0.2) is 21.9 Å². The van der Waals surface area contributed by atoms with Crippen molar-refractivity contribution in [2.45, 2.75) is 39.3 Å². The van der Waals surface area contributed by atoms with E-state index < -0.39 is 0 Å². The van der Waals surface area contributed by atoms with Gasteiger partial charge in [-0.1, -0.05) is 49.2 Å². The zero-order chi connectivity index (χ0) is 19.1. The summed E-state index contributed by atoms with van der Waals surface area (Å²) in [6.07, 6.45) is 4.62. The minimum atomic E-state index is 0.191. The van der Waals surface area contributed by atoms with E-state index in [1.54, 1.807) is 11.3 Å². The molecule has 2 heterocycles. The fourth-order valence-corrected chi connectivity index (χ4v) is 3.96. The molecule has 0 N–H and O–H groups in total. The van der Waals surface area contributed by atoms with Gasteiger partial charge in [-0.15, -0.1) is 11.3 Å². The molecule has 1 amide bonds. The maximum absolute atomic E-state index is 12.9. The molecular formula is C22H25ClN2OS. The Morgan fingerprint density at radius 1 is 1.15 bits per heavy atom. The van der Waals surface area contributed by atoms with E-state index >= 15 is 0 Å². The molecule has 0 radical (unpaired) electrons. The van der Waals surface area contributed by atoms with Gasteiger partial charge >= 0.3 is 0 Å². The molecule has 0 spiro atoms. The van der Waals surface area contributed by atoms with Crippen LogP contribution in [0.15, 0.2) is 60.1 Å². The van der Waals surface area contributed by atoms with Gasteiger partial charge in [0.1, 0.15) is 0 Å². The van der Waals surface area contributed by atoms with E-state index in [1.807, 2.05) is 52.7 Å². The van der Waals surface area contributed by atoms with Crippen LogP contribution >= 0.6 is 22.9 Å². The molecule has 1 aromatic carbocycles. The quantitative estimate of drug-likeness (QED) is 0.457. The summed E-state index contributed by atoms with van der Waals surface area (Å²) in [6.45, 7) is 4.28. The summed E-state index contributed by atoms with van der Waals surface area (Å²) in [5.74, 6) is 0.191. The molecule has 142 valence electrons. The first-order chi connectivity index (χ1) is 13.2. The minimum Gasteiger partial charge on any atom is -0.345 e. The van der Waals surface area contributed by atoms with Gasteiger partial charge in [0.05, 0.1) is 13.0 Å². The standard InChI is InChI=1S/C22H25ClN2OS/c1-2-3-12-25(22(26)15-20-10-7-14-27-20)17-19-9-6-13-24(19)16-18-8-4-5-11-21(18)23/h4-11,13-14H,2-3,12,15-17H2,1H3. The Labute approximate surface area is 170 Å². The predicted octanol–water partition coefficient (Wildman–Crippen LogP) is 5.62. The first kappa shape index (κ1) is 19.7. The number of hydrogen-bond donors (Lipinski definition) is 0. The Morgan fingerprint density at radius 3 is 2.74 bits per heavy atom. The summed E-state index contributed by atoms with van der Waals surface area (Å²) in [4.78, 5) is 16.0. The molecule has 2 aromatic heterocycles. The van der Waals surface area contributed by atoms with Crippen LogP contribution < -0.4 is 0 Å². The molecule has 0 saturated heterocycles. The number of nitrogens with zero attached hydrogens (tertiary/aromatic N) is 2. The van der Waals surface area contributed by atoms with Gasteiger partial charge in [0.15, 0.2) is 0 Å². The lowest BCUT2D eigenvalue weighted by molar-refractivity contribution is -0.131. The first-order valence-electron chi connectivity index (χ1n) is 9.35. The zero-order valence-electron chi connectivity index (χ0n) is 15.6.